The molecule has 5 nitrogen and oxygen atoms in total. The molecule has 0 bridgehead atoms. The van der Waals surface area contributed by atoms with E-state index in [9.17, 15) is 8.42 Å². The van der Waals surface area contributed by atoms with Crippen molar-refractivity contribution in [1.82, 2.24) is 14.5 Å². The lowest BCUT2D eigenvalue weighted by Gasteiger charge is -2.22. The molecule has 0 aromatic rings. The number of nitrogens with one attached hydrogen (secondary N) is 1. The summed E-state index contributed by atoms with van der Waals surface area (Å²) in [6, 6.07) is 0.805. The summed E-state index contributed by atoms with van der Waals surface area (Å²) in [6.07, 6.45) is 1.65. The van der Waals surface area contributed by atoms with Gasteiger partial charge in [0.2, 0.25) is 10.0 Å². The average Bonchev–Trinajstić information content (AvgIpc) is 2.71. The van der Waals surface area contributed by atoms with E-state index in [1.165, 1.54) is 0 Å². The van der Waals surface area contributed by atoms with Gasteiger partial charge in [0.15, 0.2) is 0 Å². The maximum atomic E-state index is 12.3. The summed E-state index contributed by atoms with van der Waals surface area (Å²) in [5, 5.41) is 3.32. The Morgan fingerprint density at radius 1 is 1.25 bits per heavy atom. The van der Waals surface area contributed by atoms with Crippen LogP contribution in [0.4, 0.5) is 0 Å². The molecule has 2 atom stereocenters. The minimum absolute atomic E-state index is 0.277. The fraction of sp³-hybridized carbons (Fsp3) is 1.00. The van der Waals surface area contributed by atoms with Gasteiger partial charge in [-0.05, 0) is 39.4 Å². The lowest BCUT2D eigenvalue weighted by atomic mass is 10.1. The topological polar surface area (TPSA) is 52.7 Å². The quantitative estimate of drug-likeness (QED) is 0.679. The minimum Gasteiger partial charge on any atom is -0.315 e. The molecule has 0 aromatic carbocycles. The van der Waals surface area contributed by atoms with Crippen molar-refractivity contribution in [3.8, 4) is 0 Å². The normalized spacial score (nSPS) is 24.9. The number of rotatable bonds is 8. The van der Waals surface area contributed by atoms with E-state index >= 15 is 0 Å². The van der Waals surface area contributed by atoms with Crippen LogP contribution in [0.1, 0.15) is 33.6 Å². The first kappa shape index (κ1) is 17.9. The molecule has 1 rings (SSSR count). The molecule has 120 valence electrons. The second-order valence-electron chi connectivity index (χ2n) is 6.46. The van der Waals surface area contributed by atoms with Crippen LogP contribution >= 0.6 is 0 Å². The molecule has 1 fully saturated rings. The summed E-state index contributed by atoms with van der Waals surface area (Å²) < 4.78 is 26.3. The van der Waals surface area contributed by atoms with Gasteiger partial charge in [-0.1, -0.05) is 20.8 Å². The van der Waals surface area contributed by atoms with E-state index in [2.05, 4.69) is 31.0 Å². The maximum Gasteiger partial charge on any atom is 0.214 e. The molecule has 0 aromatic heterocycles. The van der Waals surface area contributed by atoms with Crippen LogP contribution < -0.4 is 5.32 Å². The molecular weight excluding hydrogens is 274 g/mol. The molecule has 0 amide bonds. The molecule has 1 aliphatic rings. The maximum absolute atomic E-state index is 12.3. The zero-order chi connectivity index (χ0) is 15.3. The van der Waals surface area contributed by atoms with E-state index < -0.39 is 10.0 Å². The summed E-state index contributed by atoms with van der Waals surface area (Å²) in [5.74, 6) is 0.682. The summed E-state index contributed by atoms with van der Waals surface area (Å²) in [4.78, 5) is 2.13. The smallest absolute Gasteiger partial charge is 0.214 e. The average molecular weight is 305 g/mol. The van der Waals surface area contributed by atoms with Gasteiger partial charge in [-0.25, -0.2) is 12.7 Å². The van der Waals surface area contributed by atoms with Crippen LogP contribution in [-0.4, -0.2) is 69.2 Å². The molecule has 0 aliphatic carbocycles. The first-order valence-corrected chi connectivity index (χ1v) is 9.22. The number of unbranched alkanes of at least 4 members (excludes halogenated alkanes) is 1. The zero-order valence-corrected chi connectivity index (χ0v) is 14.4. The Bertz CT molecular complexity index is 382. The number of nitrogens with zero attached hydrogens (tertiary/aromatic N) is 2. The molecule has 20 heavy (non-hydrogen) atoms. The number of likely N-dealkylation sites (N-methyl/N-ethyl adjacent to an activating group) is 1. The fourth-order valence-corrected chi connectivity index (χ4v) is 4.40. The van der Waals surface area contributed by atoms with Crippen LogP contribution in [0.25, 0.3) is 0 Å². The molecule has 2 unspecified atom stereocenters. The monoisotopic (exact) mass is 305 g/mol. The van der Waals surface area contributed by atoms with Crippen molar-refractivity contribution in [2.45, 2.75) is 45.7 Å². The van der Waals surface area contributed by atoms with Crippen LogP contribution in [0.2, 0.25) is 0 Å². The zero-order valence-electron chi connectivity index (χ0n) is 13.6. The van der Waals surface area contributed by atoms with Crippen LogP contribution in [0.3, 0.4) is 0 Å². The van der Waals surface area contributed by atoms with Crippen molar-refractivity contribution in [3.63, 3.8) is 0 Å². The van der Waals surface area contributed by atoms with E-state index in [0.29, 0.717) is 31.1 Å². The van der Waals surface area contributed by atoms with Crippen molar-refractivity contribution >= 4 is 10.0 Å². The molecule has 6 heteroatoms. The molecule has 1 heterocycles. The van der Waals surface area contributed by atoms with E-state index in [0.717, 1.165) is 19.4 Å². The van der Waals surface area contributed by atoms with Crippen molar-refractivity contribution < 1.29 is 8.42 Å². The van der Waals surface area contributed by atoms with Crippen molar-refractivity contribution in [2.24, 2.45) is 5.92 Å². The Morgan fingerprint density at radius 2 is 1.90 bits per heavy atom. The summed E-state index contributed by atoms with van der Waals surface area (Å²) in [7, 11) is 0.964. The third kappa shape index (κ3) is 5.31. The van der Waals surface area contributed by atoms with E-state index in [1.54, 1.807) is 4.31 Å². The lowest BCUT2D eigenvalue weighted by molar-refractivity contribution is 0.263. The molecule has 1 saturated heterocycles. The Labute approximate surface area is 124 Å². The molecular formula is C14H31N3O2S. The molecule has 0 radical (unpaired) electrons. The van der Waals surface area contributed by atoms with Gasteiger partial charge in [0.25, 0.3) is 0 Å². The fourth-order valence-electron chi connectivity index (χ4n) is 2.73. The van der Waals surface area contributed by atoms with E-state index in [-0.39, 0.29) is 5.75 Å². The van der Waals surface area contributed by atoms with Crippen LogP contribution in [0, 0.1) is 5.92 Å². The van der Waals surface area contributed by atoms with E-state index in [4.69, 9.17) is 0 Å². The third-order valence-corrected chi connectivity index (χ3v) is 5.87. The van der Waals surface area contributed by atoms with Crippen LogP contribution in [0.15, 0.2) is 0 Å². The van der Waals surface area contributed by atoms with Gasteiger partial charge in [-0.2, -0.15) is 0 Å². The van der Waals surface area contributed by atoms with Crippen molar-refractivity contribution in [2.75, 3.05) is 39.5 Å². The number of hydrogen-bond acceptors (Lipinski definition) is 4. The Hall–Kier alpha value is -0.170. The Morgan fingerprint density at radius 3 is 2.40 bits per heavy atom. The highest BCUT2D eigenvalue weighted by Gasteiger charge is 2.36. The highest BCUT2D eigenvalue weighted by Crippen LogP contribution is 2.23. The largest absolute Gasteiger partial charge is 0.315 e. The Balaban J connectivity index is 2.38. The van der Waals surface area contributed by atoms with Gasteiger partial charge >= 0.3 is 0 Å². The second kappa shape index (κ2) is 7.73. The SMILES string of the molecule is CC(C)NCCCCS(=O)(=O)N1CC(C)C(N(C)C)C1. The van der Waals surface area contributed by atoms with Gasteiger partial charge in [0, 0.05) is 25.2 Å². The molecule has 1 N–H and O–H groups in total. The predicted molar refractivity (Wildman–Crippen MR) is 84.4 cm³/mol. The molecule has 0 spiro atoms. The van der Waals surface area contributed by atoms with Gasteiger partial charge in [0.05, 0.1) is 5.75 Å². The summed E-state index contributed by atoms with van der Waals surface area (Å²) >= 11 is 0. The van der Waals surface area contributed by atoms with E-state index in [1.807, 2.05) is 14.1 Å². The number of hydrogen-bond donors (Lipinski definition) is 1. The van der Waals surface area contributed by atoms with Gasteiger partial charge < -0.3 is 10.2 Å². The first-order chi connectivity index (χ1) is 9.24. The standard InChI is InChI=1S/C14H31N3O2S/c1-12(2)15-8-6-7-9-20(18,19)17-10-13(3)14(11-17)16(4)5/h12-15H,6-11H2,1-5H3. The van der Waals surface area contributed by atoms with Gasteiger partial charge in [0.1, 0.15) is 0 Å². The van der Waals surface area contributed by atoms with Crippen molar-refractivity contribution in [3.05, 3.63) is 0 Å². The third-order valence-electron chi connectivity index (χ3n) is 3.98. The Kier molecular flexibility index (Phi) is 6.91. The predicted octanol–water partition coefficient (Wildman–Crippen LogP) is 0.976. The molecule has 1 aliphatic heterocycles. The minimum atomic E-state index is -3.08. The lowest BCUT2D eigenvalue weighted by Crippen LogP contribution is -2.36. The first-order valence-electron chi connectivity index (χ1n) is 7.61. The second-order valence-corrected chi connectivity index (χ2v) is 8.55. The summed E-state index contributed by atoms with van der Waals surface area (Å²) in [5.41, 5.74) is 0. The highest BCUT2D eigenvalue weighted by molar-refractivity contribution is 7.89. The highest BCUT2D eigenvalue weighted by atomic mass is 32.2. The van der Waals surface area contributed by atoms with Gasteiger partial charge in [-0.15, -0.1) is 0 Å². The van der Waals surface area contributed by atoms with Crippen molar-refractivity contribution in [1.29, 1.82) is 0 Å². The van der Waals surface area contributed by atoms with Crippen LogP contribution in [0.5, 0.6) is 0 Å². The summed E-state index contributed by atoms with van der Waals surface area (Å²) in [6.45, 7) is 8.53. The molecule has 0 saturated carbocycles. The van der Waals surface area contributed by atoms with Gasteiger partial charge in [-0.3, -0.25) is 0 Å². The number of sulfonamides is 1. The van der Waals surface area contributed by atoms with Crippen LogP contribution in [-0.2, 0) is 10.0 Å².